The third-order valence-corrected chi connectivity index (χ3v) is 4.73. The van der Waals surface area contributed by atoms with E-state index in [2.05, 4.69) is 15.9 Å². The molecule has 0 saturated heterocycles. The second-order valence-corrected chi connectivity index (χ2v) is 6.13. The van der Waals surface area contributed by atoms with Gasteiger partial charge in [-0.15, -0.1) is 11.3 Å². The highest BCUT2D eigenvalue weighted by Crippen LogP contribution is 2.27. The molecule has 0 aliphatic heterocycles. The maximum atomic E-state index is 12.0. The highest BCUT2D eigenvalue weighted by molar-refractivity contribution is 9.10. The van der Waals surface area contributed by atoms with Gasteiger partial charge in [0.2, 0.25) is 0 Å². The van der Waals surface area contributed by atoms with Crippen LogP contribution in [0.3, 0.4) is 0 Å². The molecule has 5 heteroatoms. The van der Waals surface area contributed by atoms with E-state index in [0.717, 1.165) is 9.35 Å². The summed E-state index contributed by atoms with van der Waals surface area (Å²) in [4.78, 5) is 13.0. The van der Waals surface area contributed by atoms with Gasteiger partial charge in [-0.05, 0) is 34.1 Å². The molecule has 0 atom stereocenters. The predicted molar refractivity (Wildman–Crippen MR) is 76.5 cm³/mol. The molecule has 0 amide bonds. The summed E-state index contributed by atoms with van der Waals surface area (Å²) in [6.45, 7) is 0. The zero-order valence-corrected chi connectivity index (χ0v) is 12.5. The van der Waals surface area contributed by atoms with Crippen LogP contribution in [0.15, 0.2) is 34.1 Å². The average Bonchev–Trinajstić information content (AvgIpc) is 2.68. The molecule has 2 aromatic rings. The van der Waals surface area contributed by atoms with Gasteiger partial charge in [0, 0.05) is 26.7 Å². The average molecular weight is 350 g/mol. The summed E-state index contributed by atoms with van der Waals surface area (Å²) in [6.07, 6.45) is 0.344. The van der Waals surface area contributed by atoms with Crippen molar-refractivity contribution >= 4 is 56.3 Å². The maximum absolute atomic E-state index is 12.0. The van der Waals surface area contributed by atoms with Crippen LogP contribution in [0.4, 0.5) is 0 Å². The molecular weight excluding hydrogens is 343 g/mol. The van der Waals surface area contributed by atoms with E-state index in [-0.39, 0.29) is 5.78 Å². The number of halogens is 3. The summed E-state index contributed by atoms with van der Waals surface area (Å²) in [7, 11) is 0. The zero-order chi connectivity index (χ0) is 12.4. The molecule has 0 spiro atoms. The van der Waals surface area contributed by atoms with Crippen molar-refractivity contribution in [1.29, 1.82) is 0 Å². The number of carbonyl (C=O) groups is 1. The van der Waals surface area contributed by atoms with E-state index in [1.54, 1.807) is 18.2 Å². The molecule has 0 N–H and O–H groups in total. The Morgan fingerprint density at radius 3 is 2.76 bits per heavy atom. The van der Waals surface area contributed by atoms with Crippen LogP contribution in [-0.2, 0) is 6.42 Å². The number of rotatable bonds is 3. The SMILES string of the molecule is O=C(Cc1cc(Br)cs1)c1cccc(Cl)c1Cl. The Morgan fingerprint density at radius 2 is 2.12 bits per heavy atom. The molecule has 0 bridgehead atoms. The lowest BCUT2D eigenvalue weighted by atomic mass is 10.1. The van der Waals surface area contributed by atoms with Crippen LogP contribution in [0.2, 0.25) is 10.0 Å². The maximum Gasteiger partial charge on any atom is 0.169 e. The smallest absolute Gasteiger partial charge is 0.169 e. The van der Waals surface area contributed by atoms with Crippen molar-refractivity contribution in [1.82, 2.24) is 0 Å². The number of hydrogen-bond acceptors (Lipinski definition) is 2. The van der Waals surface area contributed by atoms with E-state index in [1.165, 1.54) is 11.3 Å². The van der Waals surface area contributed by atoms with Gasteiger partial charge in [0.1, 0.15) is 0 Å². The van der Waals surface area contributed by atoms with Gasteiger partial charge >= 0.3 is 0 Å². The fraction of sp³-hybridized carbons (Fsp3) is 0.0833. The molecule has 1 aromatic heterocycles. The number of hydrogen-bond donors (Lipinski definition) is 0. The minimum absolute atomic E-state index is 0.0214. The molecule has 0 fully saturated rings. The number of benzene rings is 1. The Bertz CT molecular complexity index is 565. The second-order valence-electron chi connectivity index (χ2n) is 3.43. The van der Waals surface area contributed by atoms with E-state index in [0.29, 0.717) is 22.0 Å². The molecule has 1 heterocycles. The van der Waals surface area contributed by atoms with Crippen molar-refractivity contribution in [2.75, 3.05) is 0 Å². The van der Waals surface area contributed by atoms with Crippen LogP contribution in [0.1, 0.15) is 15.2 Å². The van der Waals surface area contributed by atoms with Crippen molar-refractivity contribution in [3.05, 3.63) is 54.6 Å². The highest BCUT2D eigenvalue weighted by atomic mass is 79.9. The van der Waals surface area contributed by atoms with E-state index in [9.17, 15) is 4.79 Å². The first kappa shape index (κ1) is 13.1. The van der Waals surface area contributed by atoms with Crippen molar-refractivity contribution in [2.45, 2.75) is 6.42 Å². The van der Waals surface area contributed by atoms with Crippen LogP contribution in [0, 0.1) is 0 Å². The van der Waals surface area contributed by atoms with E-state index >= 15 is 0 Å². The van der Waals surface area contributed by atoms with Gasteiger partial charge in [-0.25, -0.2) is 0 Å². The molecule has 0 radical (unpaired) electrons. The van der Waals surface area contributed by atoms with Crippen LogP contribution in [-0.4, -0.2) is 5.78 Å². The lowest BCUT2D eigenvalue weighted by Gasteiger charge is -2.03. The van der Waals surface area contributed by atoms with Crippen molar-refractivity contribution in [3.63, 3.8) is 0 Å². The lowest BCUT2D eigenvalue weighted by Crippen LogP contribution is -2.03. The number of thiophene rings is 1. The first-order chi connectivity index (χ1) is 8.08. The monoisotopic (exact) mass is 348 g/mol. The van der Waals surface area contributed by atoms with Crippen LogP contribution in [0.5, 0.6) is 0 Å². The quantitative estimate of drug-likeness (QED) is 0.692. The molecule has 1 nitrogen and oxygen atoms in total. The lowest BCUT2D eigenvalue weighted by molar-refractivity contribution is 0.0994. The van der Waals surface area contributed by atoms with Crippen molar-refractivity contribution < 1.29 is 4.79 Å². The Labute approximate surface area is 121 Å². The number of carbonyl (C=O) groups excluding carboxylic acids is 1. The minimum atomic E-state index is -0.0214. The van der Waals surface area contributed by atoms with E-state index in [1.807, 2.05) is 11.4 Å². The van der Waals surface area contributed by atoms with Crippen molar-refractivity contribution in [2.24, 2.45) is 0 Å². The number of ketones is 1. The Balaban J connectivity index is 2.23. The Kier molecular flexibility index (Phi) is 4.26. The van der Waals surface area contributed by atoms with Crippen molar-refractivity contribution in [3.8, 4) is 0 Å². The van der Waals surface area contributed by atoms with Gasteiger partial charge in [0.15, 0.2) is 5.78 Å². The molecule has 2 rings (SSSR count). The van der Waals surface area contributed by atoms with E-state index in [4.69, 9.17) is 23.2 Å². The van der Waals surface area contributed by atoms with Crippen LogP contribution in [0.25, 0.3) is 0 Å². The van der Waals surface area contributed by atoms with Crippen LogP contribution < -0.4 is 0 Å². The first-order valence-electron chi connectivity index (χ1n) is 4.78. The summed E-state index contributed by atoms with van der Waals surface area (Å²) in [5.74, 6) is -0.0214. The summed E-state index contributed by atoms with van der Waals surface area (Å²) >= 11 is 16.8. The van der Waals surface area contributed by atoms with Gasteiger partial charge in [-0.1, -0.05) is 29.3 Å². The Hall–Kier alpha value is -0.350. The van der Waals surface area contributed by atoms with Gasteiger partial charge in [-0.3, -0.25) is 4.79 Å². The molecule has 0 saturated carbocycles. The third-order valence-electron chi connectivity index (χ3n) is 2.21. The summed E-state index contributed by atoms with van der Waals surface area (Å²) < 4.78 is 0.988. The fourth-order valence-corrected chi connectivity index (χ4v) is 3.27. The van der Waals surface area contributed by atoms with Gasteiger partial charge in [-0.2, -0.15) is 0 Å². The van der Waals surface area contributed by atoms with Gasteiger partial charge in [0.25, 0.3) is 0 Å². The first-order valence-corrected chi connectivity index (χ1v) is 7.21. The Morgan fingerprint density at radius 1 is 1.35 bits per heavy atom. The predicted octanol–water partition coefficient (Wildman–Crippen LogP) is 5.24. The van der Waals surface area contributed by atoms with E-state index < -0.39 is 0 Å². The normalized spacial score (nSPS) is 10.5. The van der Waals surface area contributed by atoms with Gasteiger partial charge in [0.05, 0.1) is 10.0 Å². The topological polar surface area (TPSA) is 17.1 Å². The molecular formula is C12H7BrCl2OS. The highest BCUT2D eigenvalue weighted by Gasteiger charge is 2.13. The summed E-state index contributed by atoms with van der Waals surface area (Å²) in [5.41, 5.74) is 0.476. The van der Waals surface area contributed by atoms with Gasteiger partial charge < -0.3 is 0 Å². The standard InChI is InChI=1S/C12H7BrCl2OS/c13-7-4-8(17-6-7)5-11(16)9-2-1-3-10(14)12(9)15/h1-4,6H,5H2. The van der Waals surface area contributed by atoms with Crippen LogP contribution >= 0.6 is 50.5 Å². The molecule has 0 aliphatic carbocycles. The third kappa shape index (κ3) is 3.10. The molecule has 0 unspecified atom stereocenters. The number of Topliss-reactive ketones (excluding diaryl/α,β-unsaturated/α-hetero) is 1. The molecule has 88 valence electrons. The summed E-state index contributed by atoms with van der Waals surface area (Å²) in [6, 6.07) is 7.02. The minimum Gasteiger partial charge on any atom is -0.294 e. The second kappa shape index (κ2) is 5.53. The largest absolute Gasteiger partial charge is 0.294 e. The summed E-state index contributed by atoms with van der Waals surface area (Å²) in [5, 5.41) is 2.68. The molecule has 17 heavy (non-hydrogen) atoms. The molecule has 0 aliphatic rings. The fourth-order valence-electron chi connectivity index (χ4n) is 1.42. The zero-order valence-electron chi connectivity index (χ0n) is 8.54. The molecule has 1 aromatic carbocycles.